The molecule has 0 aliphatic carbocycles. The highest BCUT2D eigenvalue weighted by Gasteiger charge is 2.22. The number of amides is 1. The van der Waals surface area contributed by atoms with Crippen molar-refractivity contribution in [3.8, 4) is 0 Å². The zero-order valence-electron chi connectivity index (χ0n) is 9.23. The van der Waals surface area contributed by atoms with Crippen LogP contribution < -0.4 is 0 Å². The molecule has 0 bridgehead atoms. The lowest BCUT2D eigenvalue weighted by molar-refractivity contribution is 0.0312. The minimum atomic E-state index is -0.873. The summed E-state index contributed by atoms with van der Waals surface area (Å²) in [5.41, 5.74) is 1.21. The van der Waals surface area contributed by atoms with Crippen LogP contribution >= 0.6 is 11.3 Å². The molecule has 1 heterocycles. The Morgan fingerprint density at radius 1 is 1.67 bits per heavy atom. The van der Waals surface area contributed by atoms with E-state index in [1.165, 1.54) is 11.3 Å². The minimum absolute atomic E-state index is 0.124. The van der Waals surface area contributed by atoms with Crippen molar-refractivity contribution in [2.45, 2.75) is 26.4 Å². The van der Waals surface area contributed by atoms with Gasteiger partial charge < -0.3 is 10.0 Å². The van der Waals surface area contributed by atoms with Crippen molar-refractivity contribution in [1.82, 2.24) is 9.88 Å². The van der Waals surface area contributed by atoms with E-state index in [-0.39, 0.29) is 5.91 Å². The molecule has 0 spiro atoms. The third kappa shape index (κ3) is 3.60. The highest BCUT2D eigenvalue weighted by Crippen LogP contribution is 2.10. The Morgan fingerprint density at radius 3 is 2.73 bits per heavy atom. The summed E-state index contributed by atoms with van der Waals surface area (Å²) in [6.45, 7) is 6.14. The number of carbonyl (C=O) groups is 1. The van der Waals surface area contributed by atoms with Crippen LogP contribution in [0.4, 0.5) is 0 Å². The second-order valence-corrected chi connectivity index (χ2v) is 4.72. The molecule has 0 saturated carbocycles. The molecule has 0 atom stereocenters. The highest BCUT2D eigenvalue weighted by atomic mass is 32.1. The summed E-state index contributed by atoms with van der Waals surface area (Å²) in [6.07, 6.45) is 0. The maximum atomic E-state index is 11.9. The Labute approximate surface area is 93.6 Å². The number of likely N-dealkylation sites (N-methyl/N-ethyl adjacent to an activating group) is 1. The van der Waals surface area contributed by atoms with Gasteiger partial charge in [0.05, 0.1) is 11.1 Å². The number of hydrogen-bond donors (Lipinski definition) is 1. The van der Waals surface area contributed by atoms with Crippen LogP contribution in [0.5, 0.6) is 0 Å². The molecule has 1 aromatic heterocycles. The highest BCUT2D eigenvalue weighted by molar-refractivity contribution is 7.07. The molecule has 1 aromatic rings. The van der Waals surface area contributed by atoms with Crippen molar-refractivity contribution in [3.05, 3.63) is 16.6 Å². The predicted octanol–water partition coefficient (Wildman–Crippen LogP) is 1.38. The summed E-state index contributed by atoms with van der Waals surface area (Å²) in [7, 11) is 0. The second kappa shape index (κ2) is 4.72. The van der Waals surface area contributed by atoms with Gasteiger partial charge in [0.25, 0.3) is 5.91 Å². The van der Waals surface area contributed by atoms with Crippen molar-refractivity contribution in [2.24, 2.45) is 0 Å². The van der Waals surface area contributed by atoms with Crippen molar-refractivity contribution >= 4 is 17.2 Å². The number of aromatic nitrogens is 1. The molecule has 1 N–H and O–H groups in total. The van der Waals surface area contributed by atoms with Gasteiger partial charge in [-0.25, -0.2) is 4.98 Å². The maximum absolute atomic E-state index is 11.9. The first kappa shape index (κ1) is 12.1. The van der Waals surface area contributed by atoms with Crippen molar-refractivity contribution in [3.63, 3.8) is 0 Å². The Kier molecular flexibility index (Phi) is 3.82. The van der Waals surface area contributed by atoms with Gasteiger partial charge in [-0.05, 0) is 20.8 Å². The lowest BCUT2D eigenvalue weighted by Gasteiger charge is -2.27. The van der Waals surface area contributed by atoms with Crippen LogP contribution in [0.25, 0.3) is 0 Å². The van der Waals surface area contributed by atoms with E-state index in [9.17, 15) is 9.90 Å². The van der Waals surface area contributed by atoms with E-state index in [2.05, 4.69) is 4.98 Å². The zero-order chi connectivity index (χ0) is 11.5. The molecular weight excluding hydrogens is 212 g/mol. The van der Waals surface area contributed by atoms with E-state index in [0.717, 1.165) is 0 Å². The quantitative estimate of drug-likeness (QED) is 0.847. The van der Waals surface area contributed by atoms with Crippen LogP contribution in [0.15, 0.2) is 10.9 Å². The first-order valence-corrected chi connectivity index (χ1v) is 5.78. The van der Waals surface area contributed by atoms with Gasteiger partial charge in [0.1, 0.15) is 5.69 Å². The minimum Gasteiger partial charge on any atom is -0.389 e. The van der Waals surface area contributed by atoms with Crippen LogP contribution in [-0.2, 0) is 0 Å². The average molecular weight is 228 g/mol. The Hall–Kier alpha value is -0.940. The third-order valence-corrected chi connectivity index (χ3v) is 2.48. The molecule has 84 valence electrons. The fraction of sp³-hybridized carbons (Fsp3) is 0.600. The number of nitrogens with zero attached hydrogens (tertiary/aromatic N) is 2. The number of rotatable bonds is 4. The van der Waals surface area contributed by atoms with Gasteiger partial charge in [-0.2, -0.15) is 0 Å². The van der Waals surface area contributed by atoms with Gasteiger partial charge in [-0.3, -0.25) is 4.79 Å². The maximum Gasteiger partial charge on any atom is 0.273 e. The van der Waals surface area contributed by atoms with Crippen LogP contribution in [0.3, 0.4) is 0 Å². The SMILES string of the molecule is CCN(CC(C)(C)O)C(=O)c1cscn1. The smallest absolute Gasteiger partial charge is 0.273 e. The number of thiazole rings is 1. The summed E-state index contributed by atoms with van der Waals surface area (Å²) in [6, 6.07) is 0. The zero-order valence-corrected chi connectivity index (χ0v) is 10.0. The van der Waals surface area contributed by atoms with Crippen LogP contribution in [0, 0.1) is 0 Å². The lowest BCUT2D eigenvalue weighted by Crippen LogP contribution is -2.42. The summed E-state index contributed by atoms with van der Waals surface area (Å²) in [5.74, 6) is -0.124. The van der Waals surface area contributed by atoms with Crippen molar-refractivity contribution in [1.29, 1.82) is 0 Å². The molecule has 1 rings (SSSR count). The first-order chi connectivity index (χ1) is 6.94. The summed E-state index contributed by atoms with van der Waals surface area (Å²) < 4.78 is 0. The van der Waals surface area contributed by atoms with Crippen LogP contribution in [-0.4, -0.2) is 39.6 Å². The molecular formula is C10H16N2O2S. The molecule has 0 aliphatic heterocycles. The normalized spacial score (nSPS) is 11.5. The molecule has 4 nitrogen and oxygen atoms in total. The molecule has 5 heteroatoms. The van der Waals surface area contributed by atoms with Gasteiger partial charge in [0.2, 0.25) is 0 Å². The van der Waals surface area contributed by atoms with Crippen LogP contribution in [0.1, 0.15) is 31.3 Å². The number of carbonyl (C=O) groups excluding carboxylic acids is 1. The van der Waals surface area contributed by atoms with E-state index in [4.69, 9.17) is 0 Å². The monoisotopic (exact) mass is 228 g/mol. The molecule has 0 aliphatic rings. The van der Waals surface area contributed by atoms with Gasteiger partial charge >= 0.3 is 0 Å². The van der Waals surface area contributed by atoms with E-state index < -0.39 is 5.60 Å². The third-order valence-electron chi connectivity index (χ3n) is 1.90. The second-order valence-electron chi connectivity index (χ2n) is 4.01. The molecule has 0 fully saturated rings. The van der Waals surface area contributed by atoms with Crippen molar-refractivity contribution in [2.75, 3.05) is 13.1 Å². The number of hydrogen-bond acceptors (Lipinski definition) is 4. The molecule has 0 saturated heterocycles. The van der Waals surface area contributed by atoms with Gasteiger partial charge in [0, 0.05) is 18.5 Å². The Balaban J connectivity index is 2.72. The van der Waals surface area contributed by atoms with Gasteiger partial charge in [-0.1, -0.05) is 0 Å². The average Bonchev–Trinajstić information content (AvgIpc) is 2.64. The molecule has 0 unspecified atom stereocenters. The molecule has 1 amide bonds. The first-order valence-electron chi connectivity index (χ1n) is 4.84. The fourth-order valence-electron chi connectivity index (χ4n) is 1.27. The number of aliphatic hydroxyl groups is 1. The van der Waals surface area contributed by atoms with Gasteiger partial charge in [0.15, 0.2) is 0 Å². The van der Waals surface area contributed by atoms with Crippen molar-refractivity contribution < 1.29 is 9.90 Å². The molecule has 15 heavy (non-hydrogen) atoms. The molecule has 0 radical (unpaired) electrons. The topological polar surface area (TPSA) is 53.4 Å². The Morgan fingerprint density at radius 2 is 2.33 bits per heavy atom. The predicted molar refractivity (Wildman–Crippen MR) is 60.0 cm³/mol. The van der Waals surface area contributed by atoms with E-state index in [0.29, 0.717) is 18.8 Å². The van der Waals surface area contributed by atoms with Crippen LogP contribution in [0.2, 0.25) is 0 Å². The summed E-state index contributed by atoms with van der Waals surface area (Å²) >= 11 is 1.39. The van der Waals surface area contributed by atoms with E-state index in [1.54, 1.807) is 29.6 Å². The molecule has 0 aromatic carbocycles. The lowest BCUT2D eigenvalue weighted by atomic mass is 10.1. The fourth-order valence-corrected chi connectivity index (χ4v) is 1.80. The Bertz CT molecular complexity index is 317. The van der Waals surface area contributed by atoms with E-state index in [1.807, 2.05) is 6.92 Å². The standard InChI is InChI=1S/C10H16N2O2S/c1-4-12(6-10(2,3)14)9(13)8-5-15-7-11-8/h5,7,14H,4,6H2,1-3H3. The van der Waals surface area contributed by atoms with Gasteiger partial charge in [-0.15, -0.1) is 11.3 Å². The summed E-state index contributed by atoms with van der Waals surface area (Å²) in [5, 5.41) is 11.4. The largest absolute Gasteiger partial charge is 0.389 e. The summed E-state index contributed by atoms with van der Waals surface area (Å²) in [4.78, 5) is 17.4. The van der Waals surface area contributed by atoms with E-state index >= 15 is 0 Å².